The molecule has 0 fully saturated rings. The number of sulfonamides is 2. The highest BCUT2D eigenvalue weighted by Crippen LogP contribution is 2.37. The van der Waals surface area contributed by atoms with Crippen LogP contribution in [0, 0.1) is 6.92 Å². The summed E-state index contributed by atoms with van der Waals surface area (Å²) in [6, 6.07) is 15.2. The van der Waals surface area contributed by atoms with Crippen molar-refractivity contribution in [3.05, 3.63) is 70.8 Å². The normalized spacial score (nSPS) is 12.1. The molecule has 0 saturated heterocycles. The number of hydrogen-bond acceptors (Lipinski definition) is 7. The van der Waals surface area contributed by atoms with Gasteiger partial charge >= 0.3 is 0 Å². The average Bonchev–Trinajstić information content (AvgIpc) is 3.07. The van der Waals surface area contributed by atoms with E-state index in [0.717, 1.165) is 72.0 Å². The maximum Gasteiger partial charge on any atom is 0.262 e. The molecule has 294 valence electrons. The Morgan fingerprint density at radius 3 is 1.92 bits per heavy atom. The van der Waals surface area contributed by atoms with Gasteiger partial charge in [-0.1, -0.05) is 86.3 Å². The molecule has 0 radical (unpaired) electrons. The summed E-state index contributed by atoms with van der Waals surface area (Å²) in [6.07, 6.45) is 6.62. The Hall–Kier alpha value is -3.61. The Labute approximate surface area is 320 Å². The first-order valence-corrected chi connectivity index (χ1v) is 22.5. The van der Waals surface area contributed by atoms with E-state index < -0.39 is 20.0 Å². The second kappa shape index (κ2) is 19.6. The van der Waals surface area contributed by atoms with Gasteiger partial charge < -0.3 is 15.5 Å². The number of nitrogens with one attached hydrogen (secondary N) is 4. The smallest absolute Gasteiger partial charge is 0.262 e. The molecular weight excluding hydrogens is 707 g/mol. The summed E-state index contributed by atoms with van der Waals surface area (Å²) in [5, 5.41) is 6.52. The molecule has 0 saturated carbocycles. The Morgan fingerprint density at radius 2 is 1.38 bits per heavy atom. The highest BCUT2D eigenvalue weighted by molar-refractivity contribution is 7.92. The molecule has 0 bridgehead atoms. The highest BCUT2D eigenvalue weighted by atomic mass is 32.2. The van der Waals surface area contributed by atoms with Crippen molar-refractivity contribution in [1.82, 2.24) is 4.72 Å². The van der Waals surface area contributed by atoms with Crippen molar-refractivity contribution in [3.8, 4) is 0 Å². The van der Waals surface area contributed by atoms with E-state index in [1.165, 1.54) is 0 Å². The number of hydrogen-bond donors (Lipinski definition) is 4. The second-order valence-corrected chi connectivity index (χ2v) is 18.4. The predicted molar refractivity (Wildman–Crippen MR) is 223 cm³/mol. The van der Waals surface area contributed by atoms with Gasteiger partial charge in [-0.05, 0) is 96.7 Å². The Bertz CT molecular complexity index is 1880. The lowest BCUT2D eigenvalue weighted by Gasteiger charge is -2.25. The number of carbonyl (C=O) groups excluding carboxylic acids is 1. The number of carbonyl (C=O) groups is 1. The Kier molecular flexibility index (Phi) is 16.2. The molecule has 4 N–H and O–H groups in total. The van der Waals surface area contributed by atoms with E-state index in [-0.39, 0.29) is 23.7 Å². The van der Waals surface area contributed by atoms with Gasteiger partial charge in [0.2, 0.25) is 15.9 Å². The SMILES string of the molecule is CCCCCCCC(=O)Nc1cc(NS(=O)(=O)c2c(C(C)C)cc(C(C)C)cc2C(C)C)ccc1Nc1ccc(N(CC)CCNS(C)(=O)=O)cc1C. The number of anilines is 5. The fourth-order valence-corrected chi connectivity index (χ4v) is 8.50. The number of amides is 1. The maximum absolute atomic E-state index is 14.3. The highest BCUT2D eigenvalue weighted by Gasteiger charge is 2.27. The van der Waals surface area contributed by atoms with E-state index in [2.05, 4.69) is 45.7 Å². The lowest BCUT2D eigenvalue weighted by atomic mass is 9.89. The van der Waals surface area contributed by atoms with E-state index in [9.17, 15) is 21.6 Å². The minimum Gasteiger partial charge on any atom is -0.370 e. The Balaban J connectivity index is 1.99. The van der Waals surface area contributed by atoms with Crippen molar-refractivity contribution in [1.29, 1.82) is 0 Å². The van der Waals surface area contributed by atoms with Crippen LogP contribution in [0.3, 0.4) is 0 Å². The van der Waals surface area contributed by atoms with Crippen molar-refractivity contribution >= 4 is 54.4 Å². The first-order chi connectivity index (χ1) is 24.9. The zero-order valence-corrected chi connectivity index (χ0v) is 35.2. The predicted octanol–water partition coefficient (Wildman–Crippen LogP) is 9.58. The van der Waals surface area contributed by atoms with Crippen LogP contribution < -0.4 is 25.0 Å². The summed E-state index contributed by atoms with van der Waals surface area (Å²) < 4.78 is 57.1. The van der Waals surface area contributed by atoms with Crippen LogP contribution in [-0.4, -0.2) is 48.6 Å². The summed E-state index contributed by atoms with van der Waals surface area (Å²) >= 11 is 0. The molecule has 1 amide bonds. The van der Waals surface area contributed by atoms with E-state index in [1.807, 2.05) is 71.9 Å². The van der Waals surface area contributed by atoms with Gasteiger partial charge in [-0.3, -0.25) is 9.52 Å². The molecule has 0 unspecified atom stereocenters. The first-order valence-electron chi connectivity index (χ1n) is 19.1. The number of nitrogens with zero attached hydrogens (tertiary/aromatic N) is 1. The zero-order valence-electron chi connectivity index (χ0n) is 33.5. The number of likely N-dealkylation sites (N-methyl/N-ethyl adjacent to an activating group) is 1. The monoisotopic (exact) mass is 769 g/mol. The topological polar surface area (TPSA) is 137 Å². The van der Waals surface area contributed by atoms with Crippen molar-refractivity contribution in [3.63, 3.8) is 0 Å². The molecule has 0 aromatic heterocycles. The average molecular weight is 770 g/mol. The van der Waals surface area contributed by atoms with Crippen LogP contribution in [0.2, 0.25) is 0 Å². The largest absolute Gasteiger partial charge is 0.370 e. The van der Waals surface area contributed by atoms with Crippen molar-refractivity contribution in [2.45, 2.75) is 123 Å². The van der Waals surface area contributed by atoms with E-state index >= 15 is 0 Å². The van der Waals surface area contributed by atoms with Crippen LogP contribution in [0.4, 0.5) is 28.4 Å². The summed E-state index contributed by atoms with van der Waals surface area (Å²) in [5.41, 5.74) is 6.84. The van der Waals surface area contributed by atoms with Crippen LogP contribution in [0.25, 0.3) is 0 Å². The van der Waals surface area contributed by atoms with Gasteiger partial charge in [0.05, 0.1) is 28.2 Å². The molecule has 0 aliphatic carbocycles. The van der Waals surface area contributed by atoms with Crippen LogP contribution in [0.5, 0.6) is 0 Å². The van der Waals surface area contributed by atoms with Crippen LogP contribution in [-0.2, 0) is 24.8 Å². The van der Waals surface area contributed by atoms with Gasteiger partial charge in [0.25, 0.3) is 10.0 Å². The maximum atomic E-state index is 14.3. The Morgan fingerprint density at radius 1 is 0.755 bits per heavy atom. The quantitative estimate of drug-likeness (QED) is 0.0793. The molecule has 0 spiro atoms. The molecular formula is C41H63N5O5S2. The molecule has 3 rings (SSSR count). The lowest BCUT2D eigenvalue weighted by molar-refractivity contribution is -0.116. The minimum atomic E-state index is -4.01. The molecule has 0 atom stereocenters. The van der Waals surface area contributed by atoms with E-state index in [4.69, 9.17) is 0 Å². The van der Waals surface area contributed by atoms with Gasteiger partial charge in [0.15, 0.2) is 0 Å². The zero-order chi connectivity index (χ0) is 39.5. The van der Waals surface area contributed by atoms with Gasteiger partial charge in [0.1, 0.15) is 0 Å². The number of unbranched alkanes of at least 4 members (excludes halogenated alkanes) is 4. The first kappa shape index (κ1) is 43.8. The fraction of sp³-hybridized carbons (Fsp3) is 0.537. The molecule has 12 heteroatoms. The van der Waals surface area contributed by atoms with Gasteiger partial charge in [0, 0.05) is 37.4 Å². The second-order valence-electron chi connectivity index (χ2n) is 14.9. The molecule has 0 aliphatic rings. The molecule has 10 nitrogen and oxygen atoms in total. The van der Waals surface area contributed by atoms with Crippen molar-refractivity contribution < 1.29 is 21.6 Å². The fourth-order valence-electron chi connectivity index (χ4n) is 6.29. The summed E-state index contributed by atoms with van der Waals surface area (Å²) in [5.74, 6) is 0.0908. The summed E-state index contributed by atoms with van der Waals surface area (Å²) in [4.78, 5) is 15.6. The number of benzene rings is 3. The molecule has 3 aromatic carbocycles. The minimum absolute atomic E-state index is 0.0142. The van der Waals surface area contributed by atoms with Crippen molar-refractivity contribution in [2.75, 3.05) is 46.1 Å². The standard InChI is InChI=1S/C41H63N5O5S2/c1-11-13-14-15-16-17-40(47)44-39-27-33(45-53(50,51)41-35(29(5)6)25-32(28(3)4)26-36(41)30(7)8)18-20-38(39)43-37-21-19-34(24-31(37)9)46(12-2)23-22-42-52(10,48)49/h18-21,24-30,42-43,45H,11-17,22-23H2,1-10H3,(H,44,47). The van der Waals surface area contributed by atoms with Gasteiger partial charge in [-0.25, -0.2) is 21.6 Å². The van der Waals surface area contributed by atoms with Crippen LogP contribution >= 0.6 is 0 Å². The summed E-state index contributed by atoms with van der Waals surface area (Å²) in [7, 11) is -7.29. The lowest BCUT2D eigenvalue weighted by Crippen LogP contribution is -2.34. The molecule has 0 heterocycles. The van der Waals surface area contributed by atoms with Gasteiger partial charge in [-0.2, -0.15) is 0 Å². The third-order valence-electron chi connectivity index (χ3n) is 9.37. The molecule has 0 aliphatic heterocycles. The van der Waals surface area contributed by atoms with Crippen LogP contribution in [0.1, 0.15) is 134 Å². The van der Waals surface area contributed by atoms with E-state index in [0.29, 0.717) is 48.0 Å². The number of rotatable bonds is 21. The van der Waals surface area contributed by atoms with Gasteiger partial charge in [-0.15, -0.1) is 0 Å². The van der Waals surface area contributed by atoms with Crippen LogP contribution in [0.15, 0.2) is 53.4 Å². The van der Waals surface area contributed by atoms with E-state index in [1.54, 1.807) is 18.2 Å². The molecule has 53 heavy (non-hydrogen) atoms. The van der Waals surface area contributed by atoms with Crippen molar-refractivity contribution in [2.24, 2.45) is 0 Å². The molecule has 3 aromatic rings. The third-order valence-corrected chi connectivity index (χ3v) is 11.6. The summed E-state index contributed by atoms with van der Waals surface area (Å²) in [6.45, 7) is 20.0. The third kappa shape index (κ3) is 13.0. The number of aryl methyl sites for hydroxylation is 1.